The molecule has 0 aliphatic heterocycles. The molecule has 0 saturated heterocycles. The third-order valence-corrected chi connectivity index (χ3v) is 3.13. The van der Waals surface area contributed by atoms with Gasteiger partial charge < -0.3 is 5.11 Å². The molecule has 102 valence electrons. The fourth-order valence-corrected chi connectivity index (χ4v) is 2.05. The van der Waals surface area contributed by atoms with E-state index in [0.717, 1.165) is 0 Å². The molecule has 0 aliphatic rings. The van der Waals surface area contributed by atoms with Gasteiger partial charge in [0.25, 0.3) is 0 Å². The van der Waals surface area contributed by atoms with Crippen LogP contribution in [0.15, 0.2) is 24.5 Å². The van der Waals surface area contributed by atoms with Crippen molar-refractivity contribution in [3.05, 3.63) is 46.8 Å². The van der Waals surface area contributed by atoms with E-state index in [2.05, 4.69) is 10.1 Å². The molecule has 1 aromatic heterocycles. The Labute approximate surface area is 115 Å². The number of halogens is 2. The highest BCUT2D eigenvalue weighted by molar-refractivity contribution is 6.30. The summed E-state index contributed by atoms with van der Waals surface area (Å²) in [5, 5.41) is 14.3. The summed E-state index contributed by atoms with van der Waals surface area (Å²) in [4.78, 5) is 4.13. The average Bonchev–Trinajstić information content (AvgIpc) is 2.80. The highest BCUT2D eigenvalue weighted by atomic mass is 35.5. The zero-order valence-electron chi connectivity index (χ0n) is 10.7. The van der Waals surface area contributed by atoms with Crippen LogP contribution in [-0.2, 0) is 6.42 Å². The van der Waals surface area contributed by atoms with Crippen molar-refractivity contribution >= 4 is 11.6 Å². The highest BCUT2D eigenvalue weighted by Crippen LogP contribution is 2.23. The molecule has 4 nitrogen and oxygen atoms in total. The van der Waals surface area contributed by atoms with E-state index in [-0.39, 0.29) is 11.1 Å². The van der Waals surface area contributed by atoms with Crippen LogP contribution in [0.3, 0.4) is 0 Å². The minimum Gasteiger partial charge on any atom is -0.388 e. The highest BCUT2D eigenvalue weighted by Gasteiger charge is 2.15. The van der Waals surface area contributed by atoms with Crippen LogP contribution in [0.4, 0.5) is 4.39 Å². The number of benzene rings is 1. The smallest absolute Gasteiger partial charge is 0.141 e. The van der Waals surface area contributed by atoms with Crippen molar-refractivity contribution < 1.29 is 9.50 Å². The molecule has 19 heavy (non-hydrogen) atoms. The van der Waals surface area contributed by atoms with Crippen molar-refractivity contribution in [1.29, 1.82) is 0 Å². The number of aliphatic hydroxyl groups excluding tert-OH is 1. The second kappa shape index (κ2) is 5.67. The maximum Gasteiger partial charge on any atom is 0.141 e. The zero-order valence-corrected chi connectivity index (χ0v) is 11.5. The van der Waals surface area contributed by atoms with E-state index >= 15 is 0 Å². The minimum absolute atomic E-state index is 0.00174. The van der Waals surface area contributed by atoms with Gasteiger partial charge in [0, 0.05) is 12.5 Å². The summed E-state index contributed by atoms with van der Waals surface area (Å²) in [6.45, 7) is 3.97. The standard InChI is InChI=1S/C13H15ClFN3O/c1-8(2)18-13(16-7-17-18)6-12(19)9-3-4-11(15)10(14)5-9/h3-5,7-8,12,19H,6H2,1-2H3. The summed E-state index contributed by atoms with van der Waals surface area (Å²) in [5.74, 6) is 0.186. The van der Waals surface area contributed by atoms with Crippen molar-refractivity contribution in [3.8, 4) is 0 Å². The molecule has 0 amide bonds. The summed E-state index contributed by atoms with van der Waals surface area (Å²) in [6.07, 6.45) is 0.972. The summed E-state index contributed by atoms with van der Waals surface area (Å²) in [6, 6.07) is 4.36. The SMILES string of the molecule is CC(C)n1ncnc1CC(O)c1ccc(F)c(Cl)c1. The van der Waals surface area contributed by atoms with Crippen molar-refractivity contribution in [1.82, 2.24) is 14.8 Å². The number of aliphatic hydroxyl groups is 1. The third kappa shape index (κ3) is 3.11. The number of rotatable bonds is 4. The average molecular weight is 284 g/mol. The van der Waals surface area contributed by atoms with E-state index in [1.807, 2.05) is 13.8 Å². The fraction of sp³-hybridized carbons (Fsp3) is 0.385. The van der Waals surface area contributed by atoms with Gasteiger partial charge in [-0.25, -0.2) is 14.1 Å². The van der Waals surface area contributed by atoms with E-state index in [4.69, 9.17) is 11.6 Å². The lowest BCUT2D eigenvalue weighted by Gasteiger charge is -2.14. The first-order chi connectivity index (χ1) is 8.99. The van der Waals surface area contributed by atoms with Crippen LogP contribution in [0.5, 0.6) is 0 Å². The van der Waals surface area contributed by atoms with Crippen LogP contribution < -0.4 is 0 Å². The maximum absolute atomic E-state index is 13.1. The molecule has 6 heteroatoms. The fourth-order valence-electron chi connectivity index (χ4n) is 1.86. The monoisotopic (exact) mass is 283 g/mol. The zero-order chi connectivity index (χ0) is 14.0. The molecule has 0 aliphatic carbocycles. The maximum atomic E-state index is 13.1. The Balaban J connectivity index is 2.18. The molecule has 1 unspecified atom stereocenters. The van der Waals surface area contributed by atoms with Crippen LogP contribution >= 0.6 is 11.6 Å². The first-order valence-corrected chi connectivity index (χ1v) is 6.38. The van der Waals surface area contributed by atoms with Crippen molar-refractivity contribution in [2.75, 3.05) is 0 Å². The summed E-state index contributed by atoms with van der Waals surface area (Å²) < 4.78 is 14.8. The number of hydrogen-bond donors (Lipinski definition) is 1. The largest absolute Gasteiger partial charge is 0.388 e. The number of aromatic nitrogens is 3. The Morgan fingerprint density at radius 3 is 2.79 bits per heavy atom. The van der Waals surface area contributed by atoms with Crippen LogP contribution in [0.2, 0.25) is 5.02 Å². The Morgan fingerprint density at radius 1 is 1.42 bits per heavy atom. The first kappa shape index (κ1) is 14.0. The van der Waals surface area contributed by atoms with Gasteiger partial charge >= 0.3 is 0 Å². The van der Waals surface area contributed by atoms with Crippen molar-refractivity contribution in [2.24, 2.45) is 0 Å². The van der Waals surface area contributed by atoms with Crippen LogP contribution in [0.25, 0.3) is 0 Å². The Bertz CT molecular complexity index is 571. The third-order valence-electron chi connectivity index (χ3n) is 2.84. The number of hydrogen-bond acceptors (Lipinski definition) is 3. The lowest BCUT2D eigenvalue weighted by molar-refractivity contribution is 0.173. The van der Waals surface area contributed by atoms with Gasteiger partial charge in [0.15, 0.2) is 0 Å². The molecule has 0 fully saturated rings. The van der Waals surface area contributed by atoms with E-state index < -0.39 is 11.9 Å². The topological polar surface area (TPSA) is 50.9 Å². The molecule has 0 spiro atoms. The van der Waals surface area contributed by atoms with E-state index in [1.54, 1.807) is 4.68 Å². The second-order valence-electron chi connectivity index (χ2n) is 4.61. The lowest BCUT2D eigenvalue weighted by Crippen LogP contribution is -2.12. The first-order valence-electron chi connectivity index (χ1n) is 6.00. The van der Waals surface area contributed by atoms with Crippen molar-refractivity contribution in [3.63, 3.8) is 0 Å². The van der Waals surface area contributed by atoms with Gasteiger partial charge in [-0.1, -0.05) is 17.7 Å². The molecular formula is C13H15ClFN3O. The van der Waals surface area contributed by atoms with Gasteiger partial charge in [0.2, 0.25) is 0 Å². The number of nitrogens with zero attached hydrogens (tertiary/aromatic N) is 3. The molecule has 0 bridgehead atoms. The molecule has 1 atom stereocenters. The minimum atomic E-state index is -0.792. The van der Waals surface area contributed by atoms with E-state index in [1.165, 1.54) is 24.5 Å². The molecule has 2 rings (SSSR count). The van der Waals surface area contributed by atoms with Gasteiger partial charge in [-0.15, -0.1) is 0 Å². The predicted molar refractivity (Wildman–Crippen MR) is 70.5 cm³/mol. The van der Waals surface area contributed by atoms with Crippen molar-refractivity contribution in [2.45, 2.75) is 32.4 Å². The Kier molecular flexibility index (Phi) is 4.17. The van der Waals surface area contributed by atoms with Crippen LogP contribution in [0.1, 0.15) is 37.4 Å². The Hall–Kier alpha value is -1.46. The van der Waals surface area contributed by atoms with Gasteiger partial charge in [-0.05, 0) is 31.5 Å². The second-order valence-corrected chi connectivity index (χ2v) is 5.02. The van der Waals surface area contributed by atoms with Gasteiger partial charge in [-0.2, -0.15) is 5.10 Å². The molecule has 1 heterocycles. The van der Waals surface area contributed by atoms with E-state index in [9.17, 15) is 9.50 Å². The van der Waals surface area contributed by atoms with Crippen LogP contribution in [0, 0.1) is 5.82 Å². The molecule has 1 aromatic carbocycles. The van der Waals surface area contributed by atoms with Crippen LogP contribution in [-0.4, -0.2) is 19.9 Å². The predicted octanol–water partition coefficient (Wildman–Crippen LogP) is 2.93. The summed E-state index contributed by atoms with van der Waals surface area (Å²) in [5.41, 5.74) is 0.560. The quantitative estimate of drug-likeness (QED) is 0.938. The molecule has 2 aromatic rings. The molecule has 0 saturated carbocycles. The molecular weight excluding hydrogens is 269 g/mol. The molecule has 1 N–H and O–H groups in total. The normalized spacial score (nSPS) is 12.9. The van der Waals surface area contributed by atoms with Gasteiger partial charge in [0.05, 0.1) is 11.1 Å². The van der Waals surface area contributed by atoms with Gasteiger partial charge in [-0.3, -0.25) is 0 Å². The lowest BCUT2D eigenvalue weighted by atomic mass is 10.1. The Morgan fingerprint density at radius 2 is 2.16 bits per heavy atom. The summed E-state index contributed by atoms with van der Waals surface area (Å²) >= 11 is 5.70. The van der Waals surface area contributed by atoms with E-state index in [0.29, 0.717) is 17.8 Å². The summed E-state index contributed by atoms with van der Waals surface area (Å²) in [7, 11) is 0. The molecule has 0 radical (unpaired) electrons. The van der Waals surface area contributed by atoms with Gasteiger partial charge in [0.1, 0.15) is 18.0 Å².